The van der Waals surface area contributed by atoms with E-state index in [1.54, 1.807) is 46.4 Å². The van der Waals surface area contributed by atoms with Gasteiger partial charge in [0.05, 0.1) is 147 Å². The third-order valence-electron chi connectivity index (χ3n) is 10.2. The van der Waals surface area contributed by atoms with E-state index >= 15 is 0 Å². The molecule has 0 atom stereocenters. The van der Waals surface area contributed by atoms with E-state index in [1.165, 1.54) is 6.92 Å². The van der Waals surface area contributed by atoms with Crippen LogP contribution in [0.15, 0.2) is 0 Å². The van der Waals surface area contributed by atoms with Crippen molar-refractivity contribution in [2.45, 2.75) is 143 Å². The predicted molar refractivity (Wildman–Crippen MR) is 270 cm³/mol. The summed E-state index contributed by atoms with van der Waals surface area (Å²) in [5, 5.41) is 30.9. The van der Waals surface area contributed by atoms with Crippen LogP contribution in [-0.2, 0) is 71.3 Å². The van der Waals surface area contributed by atoms with Gasteiger partial charge >= 0.3 is 0 Å². The number of carbonyl (C=O) groups is 5. The molecule has 6 N–H and O–H groups in total. The first-order valence-corrected chi connectivity index (χ1v) is 25.4. The molecule has 0 aromatic heterocycles. The van der Waals surface area contributed by atoms with Crippen LogP contribution in [0.1, 0.15) is 115 Å². The fourth-order valence-electron chi connectivity index (χ4n) is 6.00. The molecule has 0 saturated carbocycles. The highest BCUT2D eigenvalue weighted by atomic mass is 16.6. The number of nitrogens with one attached hydrogen (secondary N) is 4. The van der Waals surface area contributed by atoms with E-state index in [9.17, 15) is 34.2 Å². The number of nitrogens with zero attached hydrogens (tertiary/aromatic N) is 1. The van der Waals surface area contributed by atoms with E-state index in [-0.39, 0.29) is 75.4 Å². The SMILES string of the molecule is CC(=O)N(CCOCCOCCOCCOCCC(=O)NC(C)(C)COCC(=O)NCCC(C)(C)O)CCOCCOCCOCCOCCC(=O)NC(C)(C)COC(C)(C)CCC(=O)NCCC(C)(C)O. The molecule has 0 aliphatic rings. The lowest BCUT2D eigenvalue weighted by molar-refractivity contribution is -0.131. The summed E-state index contributed by atoms with van der Waals surface area (Å²) in [5.74, 6) is -0.805. The Morgan fingerprint density at radius 3 is 1.14 bits per heavy atom. The third-order valence-corrected chi connectivity index (χ3v) is 10.2. The molecule has 0 unspecified atom stereocenters. The average Bonchev–Trinajstić information content (AvgIpc) is 3.25. The topological polar surface area (TPSA) is 269 Å². The summed E-state index contributed by atoms with van der Waals surface area (Å²) < 4.78 is 55.9. The number of amides is 5. The standard InChI is InChI=1S/C50H97N5O17/c1-41(56)55(20-24-65-28-32-69-36-34-67-30-26-63-22-13-43(58)53-46(2,3)39-71-38-45(60)52-19-17-49(8,9)62)21-25-66-29-33-70-37-35-68-31-27-64-23-14-44(59)54-47(4,5)40-72-50(10,11)15-12-42(57)51-18-16-48(6,7)61/h61-62H,12-40H2,1-11H3,(H,51,57)(H,52,60)(H,53,58)(H,54,59). The molecule has 0 aromatic rings. The molecule has 424 valence electrons. The maximum Gasteiger partial charge on any atom is 0.246 e. The molecule has 0 aliphatic heterocycles. The van der Waals surface area contributed by atoms with Gasteiger partial charge in [0.1, 0.15) is 6.61 Å². The second-order valence-corrected chi connectivity index (χ2v) is 20.6. The molecular weight excluding hydrogens is 943 g/mol. The lowest BCUT2D eigenvalue weighted by Crippen LogP contribution is -2.49. The highest BCUT2D eigenvalue weighted by molar-refractivity contribution is 5.78. The Balaban J connectivity index is 3.75. The fourth-order valence-corrected chi connectivity index (χ4v) is 6.00. The molecular formula is C50H97N5O17. The minimum atomic E-state index is -0.856. The molecule has 0 saturated heterocycles. The monoisotopic (exact) mass is 1040 g/mol. The molecule has 0 heterocycles. The van der Waals surface area contributed by atoms with Crippen molar-refractivity contribution in [3.63, 3.8) is 0 Å². The van der Waals surface area contributed by atoms with Gasteiger partial charge in [-0.15, -0.1) is 0 Å². The van der Waals surface area contributed by atoms with Crippen molar-refractivity contribution >= 4 is 29.5 Å². The van der Waals surface area contributed by atoms with Crippen LogP contribution < -0.4 is 21.3 Å². The van der Waals surface area contributed by atoms with E-state index in [1.807, 2.05) is 27.7 Å². The first-order valence-electron chi connectivity index (χ1n) is 25.4. The first-order chi connectivity index (χ1) is 33.7. The zero-order valence-corrected chi connectivity index (χ0v) is 46.0. The van der Waals surface area contributed by atoms with E-state index in [4.69, 9.17) is 47.4 Å². The van der Waals surface area contributed by atoms with Crippen LogP contribution in [0.25, 0.3) is 0 Å². The lowest BCUT2D eigenvalue weighted by atomic mass is 10.0. The van der Waals surface area contributed by atoms with Crippen molar-refractivity contribution in [3.8, 4) is 0 Å². The molecule has 5 amide bonds. The number of hydrogen-bond donors (Lipinski definition) is 6. The van der Waals surface area contributed by atoms with E-state index < -0.39 is 27.9 Å². The zero-order valence-electron chi connectivity index (χ0n) is 46.0. The number of ether oxygens (including phenoxy) is 10. The molecule has 0 rings (SSSR count). The number of carbonyl (C=O) groups excluding carboxylic acids is 5. The molecule has 22 heteroatoms. The maximum absolute atomic E-state index is 12.5. The highest BCUT2D eigenvalue weighted by Crippen LogP contribution is 2.19. The second kappa shape index (κ2) is 39.3. The molecule has 0 bridgehead atoms. The first kappa shape index (κ1) is 68.9. The minimum absolute atomic E-state index is 0.0736. The van der Waals surface area contributed by atoms with Gasteiger partial charge in [0.2, 0.25) is 29.5 Å². The Hall–Kier alpha value is -3.13. The molecule has 0 aromatic carbocycles. The molecule has 72 heavy (non-hydrogen) atoms. The van der Waals surface area contributed by atoms with Crippen molar-refractivity contribution in [1.29, 1.82) is 0 Å². The van der Waals surface area contributed by atoms with Crippen LogP contribution in [0.3, 0.4) is 0 Å². The van der Waals surface area contributed by atoms with Gasteiger partial charge in [0.15, 0.2) is 0 Å². The summed E-state index contributed by atoms with van der Waals surface area (Å²) in [5.41, 5.74) is -3.53. The Morgan fingerprint density at radius 1 is 0.417 bits per heavy atom. The van der Waals surface area contributed by atoms with Gasteiger partial charge in [-0.1, -0.05) is 0 Å². The van der Waals surface area contributed by atoms with Gasteiger partial charge in [0, 0.05) is 52.4 Å². The molecule has 0 fully saturated rings. The highest BCUT2D eigenvalue weighted by Gasteiger charge is 2.27. The van der Waals surface area contributed by atoms with Gasteiger partial charge in [0.25, 0.3) is 0 Å². The van der Waals surface area contributed by atoms with Gasteiger partial charge in [-0.3, -0.25) is 24.0 Å². The average molecular weight is 1040 g/mol. The van der Waals surface area contributed by atoms with E-state index in [2.05, 4.69) is 21.3 Å². The molecule has 0 radical (unpaired) electrons. The summed E-state index contributed by atoms with van der Waals surface area (Å²) in [4.78, 5) is 62.6. The molecule has 0 aliphatic carbocycles. The number of aliphatic hydroxyl groups is 2. The van der Waals surface area contributed by atoms with Crippen molar-refractivity contribution < 1.29 is 81.6 Å². The lowest BCUT2D eigenvalue weighted by Gasteiger charge is -2.32. The van der Waals surface area contributed by atoms with Crippen LogP contribution in [-0.4, -0.2) is 224 Å². The molecule has 0 spiro atoms. The second-order valence-electron chi connectivity index (χ2n) is 20.6. The summed E-state index contributed by atoms with van der Waals surface area (Å²) in [6, 6.07) is 0. The summed E-state index contributed by atoms with van der Waals surface area (Å²) in [6.07, 6.45) is 2.07. The van der Waals surface area contributed by atoms with Crippen LogP contribution in [0, 0.1) is 0 Å². The van der Waals surface area contributed by atoms with Gasteiger partial charge in [-0.05, 0) is 88.5 Å². The van der Waals surface area contributed by atoms with E-state index in [0.29, 0.717) is 144 Å². The Morgan fingerprint density at radius 2 is 0.764 bits per heavy atom. The van der Waals surface area contributed by atoms with Crippen LogP contribution >= 0.6 is 0 Å². The van der Waals surface area contributed by atoms with Gasteiger partial charge < -0.3 is 83.7 Å². The van der Waals surface area contributed by atoms with Gasteiger partial charge in [-0.25, -0.2) is 0 Å². The summed E-state index contributed by atoms with van der Waals surface area (Å²) in [6.45, 7) is 27.0. The van der Waals surface area contributed by atoms with Crippen LogP contribution in [0.2, 0.25) is 0 Å². The van der Waals surface area contributed by atoms with E-state index in [0.717, 1.165) is 0 Å². The summed E-state index contributed by atoms with van der Waals surface area (Å²) >= 11 is 0. The van der Waals surface area contributed by atoms with Gasteiger partial charge in [-0.2, -0.15) is 0 Å². The smallest absolute Gasteiger partial charge is 0.246 e. The fraction of sp³-hybridized carbons (Fsp3) is 0.900. The normalized spacial score (nSPS) is 12.5. The van der Waals surface area contributed by atoms with Crippen molar-refractivity contribution in [1.82, 2.24) is 26.2 Å². The Kier molecular flexibility index (Phi) is 37.6. The Labute approximate surface area is 430 Å². The largest absolute Gasteiger partial charge is 0.390 e. The quantitative estimate of drug-likeness (QED) is 0.0474. The van der Waals surface area contributed by atoms with Crippen LogP contribution in [0.4, 0.5) is 0 Å². The zero-order chi connectivity index (χ0) is 54.4. The number of rotatable bonds is 48. The molecule has 22 nitrogen and oxygen atoms in total. The third kappa shape index (κ3) is 46.6. The number of hydrogen-bond acceptors (Lipinski definition) is 17. The maximum atomic E-state index is 12.5. The van der Waals surface area contributed by atoms with Crippen molar-refractivity contribution in [2.75, 3.05) is 152 Å². The van der Waals surface area contributed by atoms with Crippen molar-refractivity contribution in [3.05, 3.63) is 0 Å². The Bertz CT molecular complexity index is 1460. The summed E-state index contributed by atoms with van der Waals surface area (Å²) in [7, 11) is 0. The predicted octanol–water partition coefficient (Wildman–Crippen LogP) is 1.68. The van der Waals surface area contributed by atoms with Crippen LogP contribution in [0.5, 0.6) is 0 Å². The minimum Gasteiger partial charge on any atom is -0.390 e. The van der Waals surface area contributed by atoms with Crippen molar-refractivity contribution in [2.24, 2.45) is 0 Å².